The first-order valence-corrected chi connectivity index (χ1v) is 6.76. The summed E-state index contributed by atoms with van der Waals surface area (Å²) in [6.45, 7) is 6.48. The van der Waals surface area contributed by atoms with E-state index >= 15 is 0 Å². The van der Waals surface area contributed by atoms with Crippen LogP contribution in [0.25, 0.3) is 0 Å². The first kappa shape index (κ1) is 16.3. The van der Waals surface area contributed by atoms with Gasteiger partial charge in [-0.25, -0.2) is 0 Å². The van der Waals surface area contributed by atoms with Gasteiger partial charge in [0.2, 0.25) is 5.91 Å². The zero-order valence-corrected chi connectivity index (χ0v) is 13.3. The van der Waals surface area contributed by atoms with E-state index in [9.17, 15) is 4.79 Å². The van der Waals surface area contributed by atoms with Gasteiger partial charge in [0.05, 0.1) is 14.2 Å². The van der Waals surface area contributed by atoms with E-state index in [1.54, 1.807) is 19.1 Å². The average molecular weight is 279 g/mol. The van der Waals surface area contributed by atoms with E-state index < -0.39 is 0 Å². The molecule has 0 fully saturated rings. The van der Waals surface area contributed by atoms with Gasteiger partial charge in [0.15, 0.2) is 11.5 Å². The zero-order valence-electron chi connectivity index (χ0n) is 13.3. The quantitative estimate of drug-likeness (QED) is 0.832. The molecule has 0 bridgehead atoms. The van der Waals surface area contributed by atoms with Crippen molar-refractivity contribution in [3.63, 3.8) is 0 Å². The van der Waals surface area contributed by atoms with Gasteiger partial charge in [-0.05, 0) is 24.1 Å². The summed E-state index contributed by atoms with van der Waals surface area (Å²) in [5.41, 5.74) is 0.781. The number of carbonyl (C=O) groups is 1. The molecule has 1 rings (SSSR count). The summed E-state index contributed by atoms with van der Waals surface area (Å²) in [5, 5.41) is 0. The van der Waals surface area contributed by atoms with Crippen LogP contribution in [0.15, 0.2) is 18.2 Å². The Hall–Kier alpha value is -1.71. The molecular weight excluding hydrogens is 254 g/mol. The fraction of sp³-hybridized carbons (Fsp3) is 0.562. The molecule has 0 radical (unpaired) electrons. The molecule has 4 nitrogen and oxygen atoms in total. The molecular formula is C16H25NO3. The smallest absolute Gasteiger partial charge is 0.227 e. The second-order valence-electron chi connectivity index (χ2n) is 5.92. The third kappa shape index (κ3) is 4.15. The molecule has 1 aromatic rings. The second kappa shape index (κ2) is 6.64. The van der Waals surface area contributed by atoms with Crippen LogP contribution < -0.4 is 9.47 Å². The molecule has 0 N–H and O–H groups in total. The molecule has 0 aromatic heterocycles. The minimum Gasteiger partial charge on any atom is -0.493 e. The van der Waals surface area contributed by atoms with Crippen molar-refractivity contribution in [2.45, 2.75) is 27.2 Å². The number of rotatable bonds is 5. The van der Waals surface area contributed by atoms with Crippen molar-refractivity contribution < 1.29 is 14.3 Å². The molecule has 0 atom stereocenters. The van der Waals surface area contributed by atoms with Crippen LogP contribution in [-0.2, 0) is 11.2 Å². The van der Waals surface area contributed by atoms with Gasteiger partial charge in [0.25, 0.3) is 0 Å². The summed E-state index contributed by atoms with van der Waals surface area (Å²) >= 11 is 0. The van der Waals surface area contributed by atoms with E-state index in [0.29, 0.717) is 6.54 Å². The first-order chi connectivity index (χ1) is 9.29. The fourth-order valence-corrected chi connectivity index (χ4v) is 2.01. The minimum atomic E-state index is -0.341. The Morgan fingerprint density at radius 3 is 2.25 bits per heavy atom. The van der Waals surface area contributed by atoms with Gasteiger partial charge >= 0.3 is 0 Å². The van der Waals surface area contributed by atoms with Gasteiger partial charge in [-0.2, -0.15) is 0 Å². The molecule has 0 saturated carbocycles. The van der Waals surface area contributed by atoms with E-state index in [1.807, 2.05) is 46.0 Å². The van der Waals surface area contributed by atoms with Crippen LogP contribution in [0.3, 0.4) is 0 Å². The molecule has 112 valence electrons. The Balaban J connectivity index is 2.69. The number of carbonyl (C=O) groups excluding carboxylic acids is 1. The van der Waals surface area contributed by atoms with E-state index in [-0.39, 0.29) is 11.3 Å². The topological polar surface area (TPSA) is 38.8 Å². The molecule has 0 spiro atoms. The SMILES string of the molecule is COc1ccc(CCN(C)C(=O)C(C)(C)C)cc1OC. The number of benzene rings is 1. The number of hydrogen-bond donors (Lipinski definition) is 0. The number of hydrogen-bond acceptors (Lipinski definition) is 3. The van der Waals surface area contributed by atoms with E-state index in [0.717, 1.165) is 23.5 Å². The Kier molecular flexibility index (Phi) is 5.43. The van der Waals surface area contributed by atoms with Crippen LogP contribution >= 0.6 is 0 Å². The molecule has 1 amide bonds. The summed E-state index contributed by atoms with van der Waals surface area (Å²) in [7, 11) is 5.08. The summed E-state index contributed by atoms with van der Waals surface area (Å²) < 4.78 is 10.5. The first-order valence-electron chi connectivity index (χ1n) is 6.76. The fourth-order valence-electron chi connectivity index (χ4n) is 2.01. The zero-order chi connectivity index (χ0) is 15.3. The standard InChI is InChI=1S/C16H25NO3/c1-16(2,3)15(18)17(4)10-9-12-7-8-13(19-5)14(11-12)20-6/h7-8,11H,9-10H2,1-6H3. The van der Waals surface area contributed by atoms with Gasteiger partial charge in [0, 0.05) is 19.0 Å². The Morgan fingerprint density at radius 1 is 1.15 bits per heavy atom. The number of amides is 1. The third-order valence-electron chi connectivity index (χ3n) is 3.17. The van der Waals surface area contributed by atoms with Crippen LogP contribution in [0, 0.1) is 5.41 Å². The van der Waals surface area contributed by atoms with Gasteiger partial charge in [-0.1, -0.05) is 26.8 Å². The largest absolute Gasteiger partial charge is 0.493 e. The summed E-state index contributed by atoms with van der Waals surface area (Å²) in [6.07, 6.45) is 0.790. The summed E-state index contributed by atoms with van der Waals surface area (Å²) in [6, 6.07) is 5.84. The number of likely N-dealkylation sites (N-methyl/N-ethyl adjacent to an activating group) is 1. The maximum atomic E-state index is 12.1. The van der Waals surface area contributed by atoms with Crippen LogP contribution in [-0.4, -0.2) is 38.6 Å². The van der Waals surface area contributed by atoms with Crippen LogP contribution in [0.5, 0.6) is 11.5 Å². The van der Waals surface area contributed by atoms with Crippen LogP contribution in [0.1, 0.15) is 26.3 Å². The third-order valence-corrected chi connectivity index (χ3v) is 3.17. The van der Waals surface area contributed by atoms with E-state index in [1.165, 1.54) is 0 Å². The second-order valence-corrected chi connectivity index (χ2v) is 5.92. The molecule has 0 saturated heterocycles. The lowest BCUT2D eigenvalue weighted by molar-refractivity contribution is -0.138. The molecule has 0 unspecified atom stereocenters. The number of ether oxygens (including phenoxy) is 2. The molecule has 0 aliphatic carbocycles. The summed E-state index contributed by atoms with van der Waals surface area (Å²) in [4.78, 5) is 13.9. The molecule has 0 aliphatic rings. The lowest BCUT2D eigenvalue weighted by atomic mass is 9.95. The van der Waals surface area contributed by atoms with Gasteiger partial charge < -0.3 is 14.4 Å². The Bertz CT molecular complexity index is 463. The Labute approximate surface area is 121 Å². The Morgan fingerprint density at radius 2 is 1.75 bits per heavy atom. The van der Waals surface area contributed by atoms with Gasteiger partial charge in [-0.3, -0.25) is 4.79 Å². The summed E-state index contributed by atoms with van der Waals surface area (Å²) in [5.74, 6) is 1.59. The molecule has 20 heavy (non-hydrogen) atoms. The normalized spacial score (nSPS) is 11.1. The lowest BCUT2D eigenvalue weighted by Gasteiger charge is -2.26. The molecule has 1 aromatic carbocycles. The molecule has 0 aliphatic heterocycles. The highest BCUT2D eigenvalue weighted by molar-refractivity contribution is 5.81. The van der Waals surface area contributed by atoms with E-state index in [4.69, 9.17) is 9.47 Å². The highest BCUT2D eigenvalue weighted by Crippen LogP contribution is 2.27. The van der Waals surface area contributed by atoms with Crippen molar-refractivity contribution >= 4 is 5.91 Å². The van der Waals surface area contributed by atoms with Crippen molar-refractivity contribution in [3.05, 3.63) is 23.8 Å². The number of nitrogens with zero attached hydrogens (tertiary/aromatic N) is 1. The van der Waals surface area contributed by atoms with Crippen molar-refractivity contribution in [2.75, 3.05) is 27.8 Å². The van der Waals surface area contributed by atoms with Crippen molar-refractivity contribution in [1.29, 1.82) is 0 Å². The molecule has 4 heteroatoms. The minimum absolute atomic E-state index is 0.151. The highest BCUT2D eigenvalue weighted by Gasteiger charge is 2.24. The average Bonchev–Trinajstić information content (AvgIpc) is 2.42. The van der Waals surface area contributed by atoms with Crippen molar-refractivity contribution in [1.82, 2.24) is 4.90 Å². The van der Waals surface area contributed by atoms with Crippen LogP contribution in [0.2, 0.25) is 0 Å². The maximum Gasteiger partial charge on any atom is 0.227 e. The van der Waals surface area contributed by atoms with Gasteiger partial charge in [0.1, 0.15) is 0 Å². The number of methoxy groups -OCH3 is 2. The monoisotopic (exact) mass is 279 g/mol. The lowest BCUT2D eigenvalue weighted by Crippen LogP contribution is -2.37. The molecule has 0 heterocycles. The highest BCUT2D eigenvalue weighted by atomic mass is 16.5. The van der Waals surface area contributed by atoms with E-state index in [2.05, 4.69) is 0 Å². The van der Waals surface area contributed by atoms with Crippen LogP contribution in [0.4, 0.5) is 0 Å². The van der Waals surface area contributed by atoms with Crippen molar-refractivity contribution in [3.8, 4) is 11.5 Å². The van der Waals surface area contributed by atoms with Gasteiger partial charge in [-0.15, -0.1) is 0 Å². The predicted octanol–water partition coefficient (Wildman–Crippen LogP) is 2.75. The predicted molar refractivity (Wildman–Crippen MR) is 80.3 cm³/mol. The van der Waals surface area contributed by atoms with Crippen molar-refractivity contribution in [2.24, 2.45) is 5.41 Å². The maximum absolute atomic E-state index is 12.1.